The van der Waals surface area contributed by atoms with Crippen LogP contribution in [0, 0.1) is 5.92 Å². The number of hydrogen-bond donors (Lipinski definition) is 0. The topological polar surface area (TPSA) is 39.2 Å². The largest absolute Gasteiger partial charge is 0.378 e. The van der Waals surface area contributed by atoms with Gasteiger partial charge in [0.2, 0.25) is 0 Å². The number of rotatable bonds is 3. The normalized spacial score (nSPS) is 22.8. The fraction of sp³-hybridized carbons (Fsp3) is 0.375. The smallest absolute Gasteiger partial charge is 0.143 e. The third kappa shape index (κ3) is 2.38. The lowest BCUT2D eigenvalue weighted by Crippen LogP contribution is -2.23. The van der Waals surface area contributed by atoms with Gasteiger partial charge in [0.05, 0.1) is 11.6 Å². The van der Waals surface area contributed by atoms with Gasteiger partial charge < -0.3 is 4.74 Å². The fourth-order valence-electron chi connectivity index (χ4n) is 2.78. The maximum Gasteiger partial charge on any atom is 0.143 e. The maximum absolute atomic E-state index is 12.4. The second-order valence-corrected chi connectivity index (χ2v) is 5.10. The molecule has 98 valence electrons. The van der Waals surface area contributed by atoms with Crippen LogP contribution in [0.15, 0.2) is 36.5 Å². The molecule has 1 aliphatic heterocycles. The van der Waals surface area contributed by atoms with Crippen molar-refractivity contribution in [3.63, 3.8) is 0 Å². The molecule has 1 aliphatic rings. The molecule has 1 saturated heterocycles. The van der Waals surface area contributed by atoms with Crippen LogP contribution in [0.1, 0.15) is 18.9 Å². The Kier molecular flexibility index (Phi) is 3.30. The molecule has 2 atom stereocenters. The van der Waals surface area contributed by atoms with Gasteiger partial charge in [0.15, 0.2) is 0 Å². The van der Waals surface area contributed by atoms with Crippen LogP contribution < -0.4 is 0 Å². The molecule has 2 aromatic rings. The van der Waals surface area contributed by atoms with Gasteiger partial charge in [-0.05, 0) is 31.0 Å². The number of aromatic nitrogens is 1. The van der Waals surface area contributed by atoms with Crippen molar-refractivity contribution in [2.75, 3.05) is 6.61 Å². The summed E-state index contributed by atoms with van der Waals surface area (Å²) in [6, 6.07) is 9.90. The maximum atomic E-state index is 12.4. The van der Waals surface area contributed by atoms with Crippen LogP contribution in [0.2, 0.25) is 0 Å². The second kappa shape index (κ2) is 5.10. The zero-order valence-electron chi connectivity index (χ0n) is 11.0. The molecule has 0 spiro atoms. The van der Waals surface area contributed by atoms with Gasteiger partial charge in [-0.25, -0.2) is 0 Å². The summed E-state index contributed by atoms with van der Waals surface area (Å²) in [7, 11) is 0. The lowest BCUT2D eigenvalue weighted by molar-refractivity contribution is -0.123. The fourth-order valence-corrected chi connectivity index (χ4v) is 2.78. The van der Waals surface area contributed by atoms with Crippen molar-refractivity contribution in [2.24, 2.45) is 5.92 Å². The number of Topliss-reactive ketones (excluding diaryl/α,β-unsaturated/α-hetero) is 1. The quantitative estimate of drug-likeness (QED) is 0.846. The van der Waals surface area contributed by atoms with E-state index in [4.69, 9.17) is 4.74 Å². The van der Waals surface area contributed by atoms with E-state index in [1.165, 1.54) is 0 Å². The Morgan fingerprint density at radius 3 is 3.00 bits per heavy atom. The molecule has 0 amide bonds. The Balaban J connectivity index is 1.87. The zero-order valence-corrected chi connectivity index (χ0v) is 11.0. The van der Waals surface area contributed by atoms with Gasteiger partial charge in [0.25, 0.3) is 0 Å². The number of para-hydroxylation sites is 1. The summed E-state index contributed by atoms with van der Waals surface area (Å²) in [4.78, 5) is 16.7. The Bertz CT molecular complexity index is 603. The van der Waals surface area contributed by atoms with E-state index in [2.05, 4.69) is 4.98 Å². The number of fused-ring (bicyclic) bond motifs is 1. The SMILES string of the molecule is CC1OCCC1C(=O)Cc1ccnc2ccccc12. The highest BCUT2D eigenvalue weighted by Crippen LogP contribution is 2.24. The van der Waals surface area contributed by atoms with E-state index in [0.717, 1.165) is 22.9 Å². The van der Waals surface area contributed by atoms with Crippen molar-refractivity contribution in [1.82, 2.24) is 4.98 Å². The van der Waals surface area contributed by atoms with Crippen molar-refractivity contribution >= 4 is 16.7 Å². The first-order valence-corrected chi connectivity index (χ1v) is 6.72. The first-order valence-electron chi connectivity index (χ1n) is 6.72. The molecule has 19 heavy (non-hydrogen) atoms. The molecular weight excluding hydrogens is 238 g/mol. The molecule has 1 aromatic carbocycles. The van der Waals surface area contributed by atoms with E-state index in [1.807, 2.05) is 37.3 Å². The number of ether oxygens (including phenoxy) is 1. The number of carbonyl (C=O) groups is 1. The number of pyridine rings is 1. The van der Waals surface area contributed by atoms with E-state index >= 15 is 0 Å². The molecule has 1 aromatic heterocycles. The first kappa shape index (κ1) is 12.3. The molecule has 3 rings (SSSR count). The van der Waals surface area contributed by atoms with Gasteiger partial charge in [-0.15, -0.1) is 0 Å². The minimum Gasteiger partial charge on any atom is -0.378 e. The van der Waals surface area contributed by atoms with Crippen molar-refractivity contribution in [2.45, 2.75) is 25.9 Å². The monoisotopic (exact) mass is 255 g/mol. The Hall–Kier alpha value is -1.74. The van der Waals surface area contributed by atoms with E-state index in [-0.39, 0.29) is 17.8 Å². The minimum absolute atomic E-state index is 0.0481. The first-order chi connectivity index (χ1) is 9.25. The zero-order chi connectivity index (χ0) is 13.2. The minimum atomic E-state index is 0.0481. The summed E-state index contributed by atoms with van der Waals surface area (Å²) in [6.45, 7) is 2.69. The molecule has 1 fully saturated rings. The van der Waals surface area contributed by atoms with E-state index in [0.29, 0.717) is 13.0 Å². The molecule has 0 radical (unpaired) electrons. The molecule has 0 saturated carbocycles. The van der Waals surface area contributed by atoms with Crippen molar-refractivity contribution < 1.29 is 9.53 Å². The number of ketones is 1. The predicted octanol–water partition coefficient (Wildman–Crippen LogP) is 2.77. The summed E-state index contributed by atoms with van der Waals surface area (Å²) in [5.74, 6) is 0.327. The Labute approximate surface area is 112 Å². The van der Waals surface area contributed by atoms with Crippen LogP contribution in [-0.4, -0.2) is 23.5 Å². The van der Waals surface area contributed by atoms with Gasteiger partial charge in [0, 0.05) is 30.5 Å². The third-order valence-corrected chi connectivity index (χ3v) is 3.89. The number of benzene rings is 1. The summed E-state index contributed by atoms with van der Waals surface area (Å²) < 4.78 is 5.48. The Morgan fingerprint density at radius 2 is 2.21 bits per heavy atom. The lowest BCUT2D eigenvalue weighted by atomic mass is 9.92. The number of carbonyl (C=O) groups excluding carboxylic acids is 1. The average molecular weight is 255 g/mol. The molecule has 0 N–H and O–H groups in total. The molecule has 3 nitrogen and oxygen atoms in total. The third-order valence-electron chi connectivity index (χ3n) is 3.89. The van der Waals surface area contributed by atoms with Gasteiger partial charge in [-0.1, -0.05) is 18.2 Å². The predicted molar refractivity (Wildman–Crippen MR) is 74.0 cm³/mol. The average Bonchev–Trinajstić information content (AvgIpc) is 2.85. The van der Waals surface area contributed by atoms with E-state index < -0.39 is 0 Å². The highest BCUT2D eigenvalue weighted by atomic mass is 16.5. The van der Waals surface area contributed by atoms with Crippen LogP contribution >= 0.6 is 0 Å². The Morgan fingerprint density at radius 1 is 1.37 bits per heavy atom. The summed E-state index contributed by atoms with van der Waals surface area (Å²) in [6.07, 6.45) is 3.16. The van der Waals surface area contributed by atoms with Crippen LogP contribution in [0.25, 0.3) is 10.9 Å². The molecule has 0 bridgehead atoms. The van der Waals surface area contributed by atoms with Gasteiger partial charge in [-0.3, -0.25) is 9.78 Å². The molecule has 0 aliphatic carbocycles. The van der Waals surface area contributed by atoms with Gasteiger partial charge in [-0.2, -0.15) is 0 Å². The number of nitrogens with zero attached hydrogens (tertiary/aromatic N) is 1. The van der Waals surface area contributed by atoms with Gasteiger partial charge in [0.1, 0.15) is 5.78 Å². The molecule has 2 heterocycles. The molecule has 3 heteroatoms. The summed E-state index contributed by atoms with van der Waals surface area (Å²) in [5, 5.41) is 1.07. The second-order valence-electron chi connectivity index (χ2n) is 5.10. The summed E-state index contributed by atoms with van der Waals surface area (Å²) in [5.41, 5.74) is 2.01. The molecular formula is C16H17NO2. The van der Waals surface area contributed by atoms with Crippen LogP contribution in [0.5, 0.6) is 0 Å². The van der Waals surface area contributed by atoms with E-state index in [1.54, 1.807) is 6.20 Å². The highest BCUT2D eigenvalue weighted by molar-refractivity contribution is 5.90. The summed E-state index contributed by atoms with van der Waals surface area (Å²) >= 11 is 0. The van der Waals surface area contributed by atoms with Gasteiger partial charge >= 0.3 is 0 Å². The van der Waals surface area contributed by atoms with E-state index in [9.17, 15) is 4.79 Å². The van der Waals surface area contributed by atoms with Crippen molar-refractivity contribution in [1.29, 1.82) is 0 Å². The molecule has 2 unspecified atom stereocenters. The standard InChI is InChI=1S/C16H17NO2/c1-11-13(7-9-19-11)16(18)10-12-6-8-17-15-5-3-2-4-14(12)15/h2-6,8,11,13H,7,9-10H2,1H3. The lowest BCUT2D eigenvalue weighted by Gasteiger charge is -2.13. The van der Waals surface area contributed by atoms with Crippen molar-refractivity contribution in [3.05, 3.63) is 42.1 Å². The highest BCUT2D eigenvalue weighted by Gasteiger charge is 2.30. The van der Waals surface area contributed by atoms with Crippen LogP contribution in [-0.2, 0) is 16.0 Å². The van der Waals surface area contributed by atoms with Crippen LogP contribution in [0.3, 0.4) is 0 Å². The van der Waals surface area contributed by atoms with Crippen molar-refractivity contribution in [3.8, 4) is 0 Å². The van der Waals surface area contributed by atoms with Crippen LogP contribution in [0.4, 0.5) is 0 Å². The number of hydrogen-bond acceptors (Lipinski definition) is 3.